The third-order valence-electron chi connectivity index (χ3n) is 3.59. The van der Waals surface area contributed by atoms with Crippen LogP contribution in [0.2, 0.25) is 0 Å². The number of hydrogen-bond acceptors (Lipinski definition) is 4. The first kappa shape index (κ1) is 18.2. The van der Waals surface area contributed by atoms with Gasteiger partial charge in [-0.15, -0.1) is 0 Å². The van der Waals surface area contributed by atoms with Crippen molar-refractivity contribution in [1.29, 1.82) is 5.26 Å². The maximum absolute atomic E-state index is 12.4. The Morgan fingerprint density at radius 2 is 1.68 bits per heavy atom. The second kappa shape index (κ2) is 9.89. The fourth-order valence-electron chi connectivity index (χ4n) is 2.30. The molecule has 0 spiro atoms. The zero-order chi connectivity index (χ0) is 17.9. The van der Waals surface area contributed by atoms with Crippen molar-refractivity contribution in [2.75, 3.05) is 6.61 Å². The van der Waals surface area contributed by atoms with E-state index in [2.05, 4.69) is 5.32 Å². The number of amides is 1. The van der Waals surface area contributed by atoms with Gasteiger partial charge in [-0.3, -0.25) is 4.79 Å². The van der Waals surface area contributed by atoms with Crippen LogP contribution >= 0.6 is 0 Å². The van der Waals surface area contributed by atoms with Gasteiger partial charge in [0.2, 0.25) is 0 Å². The monoisotopic (exact) mass is 336 g/mol. The summed E-state index contributed by atoms with van der Waals surface area (Å²) in [6, 6.07) is 19.4. The number of ether oxygens (including phenoxy) is 1. The maximum atomic E-state index is 12.4. The van der Waals surface area contributed by atoms with Crippen molar-refractivity contribution in [1.82, 2.24) is 5.32 Å². The number of nitriles is 1. The molecular formula is C20H20N2O3. The summed E-state index contributed by atoms with van der Waals surface area (Å²) < 4.78 is 5.21. The minimum atomic E-state index is -0.780. The first-order chi connectivity index (χ1) is 12.2. The van der Waals surface area contributed by atoms with Gasteiger partial charge in [-0.1, -0.05) is 48.5 Å². The van der Waals surface area contributed by atoms with E-state index in [1.54, 1.807) is 24.3 Å². The van der Waals surface area contributed by atoms with Gasteiger partial charge in [-0.25, -0.2) is 4.79 Å². The summed E-state index contributed by atoms with van der Waals surface area (Å²) in [6.45, 7) is 0.166. The second-order valence-electron chi connectivity index (χ2n) is 5.51. The number of carbonyl (C=O) groups excluding carboxylic acids is 2. The van der Waals surface area contributed by atoms with E-state index < -0.39 is 12.0 Å². The number of carbonyl (C=O) groups is 2. The number of benzene rings is 2. The Labute approximate surface area is 147 Å². The van der Waals surface area contributed by atoms with Crippen LogP contribution in [0.1, 0.15) is 28.8 Å². The zero-order valence-corrected chi connectivity index (χ0v) is 13.9. The Bertz CT molecular complexity index is 724. The molecule has 1 amide bonds. The maximum Gasteiger partial charge on any atom is 0.328 e. The van der Waals surface area contributed by atoms with Gasteiger partial charge < -0.3 is 10.1 Å². The second-order valence-corrected chi connectivity index (χ2v) is 5.51. The van der Waals surface area contributed by atoms with E-state index in [1.165, 1.54) is 0 Å². The summed E-state index contributed by atoms with van der Waals surface area (Å²) in [4.78, 5) is 24.7. The zero-order valence-electron chi connectivity index (χ0n) is 13.9. The molecule has 0 fully saturated rings. The van der Waals surface area contributed by atoms with Crippen LogP contribution in [0.25, 0.3) is 0 Å². The first-order valence-electron chi connectivity index (χ1n) is 8.14. The minimum absolute atomic E-state index is 0.166. The smallest absolute Gasteiger partial charge is 0.328 e. The Kier molecular flexibility index (Phi) is 7.20. The lowest BCUT2D eigenvalue weighted by molar-refractivity contribution is -0.146. The van der Waals surface area contributed by atoms with Gasteiger partial charge in [0, 0.05) is 18.4 Å². The van der Waals surface area contributed by atoms with Crippen LogP contribution in [0.5, 0.6) is 0 Å². The van der Waals surface area contributed by atoms with Gasteiger partial charge in [-0.2, -0.15) is 5.26 Å². The molecule has 1 N–H and O–H groups in total. The van der Waals surface area contributed by atoms with E-state index in [4.69, 9.17) is 10.00 Å². The molecule has 0 saturated heterocycles. The largest absolute Gasteiger partial charge is 0.464 e. The third-order valence-corrected chi connectivity index (χ3v) is 3.59. The number of nitrogens with zero attached hydrogens (tertiary/aromatic N) is 1. The molecule has 0 aliphatic rings. The highest BCUT2D eigenvalue weighted by Gasteiger charge is 2.23. The molecule has 0 aliphatic carbocycles. The highest BCUT2D eigenvalue weighted by Crippen LogP contribution is 2.07. The molecule has 0 aromatic heterocycles. The molecule has 1 unspecified atom stereocenters. The predicted molar refractivity (Wildman–Crippen MR) is 93.6 cm³/mol. The van der Waals surface area contributed by atoms with Crippen molar-refractivity contribution in [3.8, 4) is 6.07 Å². The number of hydrogen-bond donors (Lipinski definition) is 1. The molecule has 2 rings (SSSR count). The van der Waals surface area contributed by atoms with E-state index in [9.17, 15) is 9.59 Å². The molecular weight excluding hydrogens is 316 g/mol. The molecule has 1 atom stereocenters. The predicted octanol–water partition coefficient (Wildman–Crippen LogP) is 2.87. The Morgan fingerprint density at radius 3 is 2.32 bits per heavy atom. The van der Waals surface area contributed by atoms with E-state index >= 15 is 0 Å². The summed E-state index contributed by atoms with van der Waals surface area (Å²) in [6.07, 6.45) is 1.15. The van der Waals surface area contributed by atoms with Gasteiger partial charge in [0.1, 0.15) is 6.04 Å². The summed E-state index contributed by atoms with van der Waals surface area (Å²) >= 11 is 0. The Balaban J connectivity index is 2.04. The van der Waals surface area contributed by atoms with Crippen molar-refractivity contribution in [2.45, 2.75) is 25.3 Å². The molecule has 25 heavy (non-hydrogen) atoms. The molecule has 0 aliphatic heterocycles. The van der Waals surface area contributed by atoms with E-state index in [-0.39, 0.29) is 12.5 Å². The molecule has 0 saturated carbocycles. The van der Waals surface area contributed by atoms with Crippen LogP contribution < -0.4 is 5.32 Å². The summed E-state index contributed by atoms with van der Waals surface area (Å²) in [7, 11) is 0. The lowest BCUT2D eigenvalue weighted by Gasteiger charge is -2.18. The molecule has 0 bridgehead atoms. The standard InChI is InChI=1S/C20H20N2O3/c21-13-7-8-14-25-20(24)18(15-16-9-3-1-4-10-16)22-19(23)17-11-5-2-6-12-17/h1-6,9-12,18H,7-8,14-15H2,(H,22,23). The van der Waals surface area contributed by atoms with Crippen LogP contribution in [-0.4, -0.2) is 24.5 Å². The number of unbranched alkanes of at least 4 members (excludes halogenated alkanes) is 1. The average molecular weight is 336 g/mol. The van der Waals surface area contributed by atoms with Gasteiger partial charge in [0.05, 0.1) is 12.7 Å². The molecule has 0 radical (unpaired) electrons. The summed E-state index contributed by atoms with van der Waals surface area (Å²) in [5, 5.41) is 11.3. The van der Waals surface area contributed by atoms with Crippen molar-refractivity contribution in [3.05, 3.63) is 71.8 Å². The van der Waals surface area contributed by atoms with Gasteiger partial charge in [-0.05, 0) is 24.1 Å². The summed E-state index contributed by atoms with van der Waals surface area (Å²) in [5.74, 6) is -0.818. The normalized spacial score (nSPS) is 11.2. The number of esters is 1. The molecule has 2 aromatic rings. The third kappa shape index (κ3) is 6.11. The molecule has 5 heteroatoms. The molecule has 2 aromatic carbocycles. The highest BCUT2D eigenvalue weighted by atomic mass is 16.5. The quantitative estimate of drug-likeness (QED) is 0.594. The van der Waals surface area contributed by atoms with Crippen molar-refractivity contribution < 1.29 is 14.3 Å². The van der Waals surface area contributed by atoms with Crippen LogP contribution in [-0.2, 0) is 16.0 Å². The fraction of sp³-hybridized carbons (Fsp3) is 0.250. The van der Waals surface area contributed by atoms with Crippen molar-refractivity contribution >= 4 is 11.9 Å². The highest BCUT2D eigenvalue weighted by molar-refractivity contribution is 5.96. The van der Waals surface area contributed by atoms with Crippen LogP contribution in [0, 0.1) is 11.3 Å². The number of rotatable bonds is 8. The Hall–Kier alpha value is -3.13. The van der Waals surface area contributed by atoms with Crippen molar-refractivity contribution in [3.63, 3.8) is 0 Å². The molecule has 128 valence electrons. The van der Waals surface area contributed by atoms with E-state index in [0.29, 0.717) is 24.8 Å². The van der Waals surface area contributed by atoms with Gasteiger partial charge >= 0.3 is 5.97 Å². The van der Waals surface area contributed by atoms with E-state index in [1.807, 2.05) is 42.5 Å². The lowest BCUT2D eigenvalue weighted by Crippen LogP contribution is -2.43. The van der Waals surface area contributed by atoms with Crippen LogP contribution in [0.15, 0.2) is 60.7 Å². The van der Waals surface area contributed by atoms with Crippen LogP contribution in [0.4, 0.5) is 0 Å². The van der Waals surface area contributed by atoms with Gasteiger partial charge in [0.25, 0.3) is 5.91 Å². The average Bonchev–Trinajstić information content (AvgIpc) is 2.66. The lowest BCUT2D eigenvalue weighted by atomic mass is 10.1. The van der Waals surface area contributed by atoms with Crippen LogP contribution in [0.3, 0.4) is 0 Å². The summed E-state index contributed by atoms with van der Waals surface area (Å²) in [5.41, 5.74) is 1.41. The van der Waals surface area contributed by atoms with Crippen molar-refractivity contribution in [2.24, 2.45) is 0 Å². The topological polar surface area (TPSA) is 79.2 Å². The Morgan fingerprint density at radius 1 is 1.04 bits per heavy atom. The fourth-order valence-corrected chi connectivity index (χ4v) is 2.30. The van der Waals surface area contributed by atoms with E-state index in [0.717, 1.165) is 5.56 Å². The SMILES string of the molecule is N#CCCCOC(=O)C(Cc1ccccc1)NC(=O)c1ccccc1. The van der Waals surface area contributed by atoms with Gasteiger partial charge in [0.15, 0.2) is 0 Å². The minimum Gasteiger partial charge on any atom is -0.464 e. The first-order valence-corrected chi connectivity index (χ1v) is 8.14. The molecule has 5 nitrogen and oxygen atoms in total. The number of nitrogens with one attached hydrogen (secondary N) is 1. The molecule has 0 heterocycles.